The van der Waals surface area contributed by atoms with Gasteiger partial charge in [0.25, 0.3) is 0 Å². The van der Waals surface area contributed by atoms with E-state index in [4.69, 9.17) is 10.3 Å². The van der Waals surface area contributed by atoms with E-state index in [1.54, 1.807) is 12.5 Å². The number of anilines is 1. The summed E-state index contributed by atoms with van der Waals surface area (Å²) >= 11 is 0. The van der Waals surface area contributed by atoms with Gasteiger partial charge in [0, 0.05) is 11.3 Å². The van der Waals surface area contributed by atoms with E-state index >= 15 is 0 Å². The van der Waals surface area contributed by atoms with Crippen molar-refractivity contribution in [3.05, 3.63) is 47.3 Å². The van der Waals surface area contributed by atoms with Crippen LogP contribution in [0.3, 0.4) is 0 Å². The number of benzene rings is 1. The van der Waals surface area contributed by atoms with Gasteiger partial charge in [0.05, 0.1) is 24.0 Å². The first-order valence-corrected chi connectivity index (χ1v) is 4.67. The number of nitrogens with two attached hydrogens (primary N) is 1. The highest BCUT2D eigenvalue weighted by Crippen LogP contribution is 2.24. The molecule has 1 aliphatic heterocycles. The van der Waals surface area contributed by atoms with E-state index < -0.39 is 0 Å². The Balaban J connectivity index is 2.14. The maximum absolute atomic E-state index is 5.75. The minimum atomic E-state index is 0.704. The van der Waals surface area contributed by atoms with Gasteiger partial charge in [-0.25, -0.2) is 0 Å². The van der Waals surface area contributed by atoms with Gasteiger partial charge < -0.3 is 10.3 Å². The Kier molecular flexibility index (Phi) is 1.62. The van der Waals surface area contributed by atoms with Crippen molar-refractivity contribution in [3.8, 4) is 0 Å². The average molecular weight is 199 g/mol. The molecule has 0 aliphatic carbocycles. The number of aliphatic imine (C=N–C) groups is 1. The van der Waals surface area contributed by atoms with Gasteiger partial charge in [0.2, 0.25) is 0 Å². The SMILES string of the molecule is Nc1ccc2c(c1)C(c1cnoc1)=NC2. The second-order valence-electron chi connectivity index (χ2n) is 3.49. The van der Waals surface area contributed by atoms with Crippen LogP contribution in [0.15, 0.2) is 40.2 Å². The fourth-order valence-electron chi connectivity index (χ4n) is 1.77. The summed E-state index contributed by atoms with van der Waals surface area (Å²) in [5.41, 5.74) is 10.6. The molecule has 0 saturated carbocycles. The van der Waals surface area contributed by atoms with Crippen molar-refractivity contribution in [1.82, 2.24) is 5.16 Å². The molecule has 2 heterocycles. The van der Waals surface area contributed by atoms with Crippen LogP contribution >= 0.6 is 0 Å². The maximum atomic E-state index is 5.75. The summed E-state index contributed by atoms with van der Waals surface area (Å²) in [7, 11) is 0. The number of hydrogen-bond acceptors (Lipinski definition) is 4. The van der Waals surface area contributed by atoms with Gasteiger partial charge in [0.1, 0.15) is 6.26 Å². The summed E-state index contributed by atoms with van der Waals surface area (Å²) in [5.74, 6) is 0. The van der Waals surface area contributed by atoms with Crippen LogP contribution in [-0.4, -0.2) is 10.9 Å². The van der Waals surface area contributed by atoms with Crippen molar-refractivity contribution in [1.29, 1.82) is 0 Å². The van der Waals surface area contributed by atoms with Gasteiger partial charge in [-0.3, -0.25) is 4.99 Å². The largest absolute Gasteiger partial charge is 0.399 e. The zero-order valence-electron chi connectivity index (χ0n) is 7.97. The molecular weight excluding hydrogens is 190 g/mol. The van der Waals surface area contributed by atoms with Crippen molar-refractivity contribution >= 4 is 11.4 Å². The van der Waals surface area contributed by atoms with E-state index in [1.165, 1.54) is 5.56 Å². The lowest BCUT2D eigenvalue weighted by Crippen LogP contribution is -2.00. The minimum Gasteiger partial charge on any atom is -0.399 e. The van der Waals surface area contributed by atoms with Crippen molar-refractivity contribution < 1.29 is 4.52 Å². The lowest BCUT2D eigenvalue weighted by Gasteiger charge is -2.01. The molecule has 0 atom stereocenters. The number of fused-ring (bicyclic) bond motifs is 1. The van der Waals surface area contributed by atoms with Gasteiger partial charge >= 0.3 is 0 Å². The highest BCUT2D eigenvalue weighted by atomic mass is 16.5. The lowest BCUT2D eigenvalue weighted by atomic mass is 10.0. The number of nitrogen functional groups attached to an aromatic ring is 1. The van der Waals surface area contributed by atoms with Crippen LogP contribution in [0.1, 0.15) is 16.7 Å². The molecule has 15 heavy (non-hydrogen) atoms. The van der Waals surface area contributed by atoms with Gasteiger partial charge in [0.15, 0.2) is 0 Å². The molecule has 0 bridgehead atoms. The standard InChI is InChI=1S/C11H9N3O/c12-9-2-1-7-4-13-11(10(7)3-9)8-5-14-15-6-8/h1-3,5-6H,4,12H2. The molecular formula is C11H9N3O. The zero-order valence-corrected chi connectivity index (χ0v) is 7.97. The Bertz CT molecular complexity index is 529. The second kappa shape index (κ2) is 2.95. The number of rotatable bonds is 1. The van der Waals surface area contributed by atoms with E-state index in [9.17, 15) is 0 Å². The van der Waals surface area contributed by atoms with Gasteiger partial charge in [-0.2, -0.15) is 0 Å². The molecule has 0 unspecified atom stereocenters. The molecule has 2 N–H and O–H groups in total. The number of hydrogen-bond donors (Lipinski definition) is 1. The lowest BCUT2D eigenvalue weighted by molar-refractivity contribution is 0.419. The molecule has 0 radical (unpaired) electrons. The first kappa shape index (κ1) is 8.23. The smallest absolute Gasteiger partial charge is 0.133 e. The van der Waals surface area contributed by atoms with Crippen molar-refractivity contribution in [2.75, 3.05) is 5.73 Å². The molecule has 1 aromatic carbocycles. The monoisotopic (exact) mass is 199 g/mol. The predicted molar refractivity (Wildman–Crippen MR) is 56.7 cm³/mol. The van der Waals surface area contributed by atoms with Crippen molar-refractivity contribution in [2.45, 2.75) is 6.54 Å². The Morgan fingerprint density at radius 1 is 1.33 bits per heavy atom. The fraction of sp³-hybridized carbons (Fsp3) is 0.0909. The van der Waals surface area contributed by atoms with Crippen LogP contribution in [0.2, 0.25) is 0 Å². The first-order chi connectivity index (χ1) is 7.34. The predicted octanol–water partition coefficient (Wildman–Crippen LogP) is 1.61. The quantitative estimate of drug-likeness (QED) is 0.709. The van der Waals surface area contributed by atoms with Gasteiger partial charge in [-0.1, -0.05) is 11.2 Å². The summed E-state index contributed by atoms with van der Waals surface area (Å²) in [6.07, 6.45) is 3.26. The van der Waals surface area contributed by atoms with Crippen LogP contribution in [0.25, 0.3) is 0 Å². The molecule has 4 nitrogen and oxygen atoms in total. The molecule has 1 aromatic heterocycles. The zero-order chi connectivity index (χ0) is 10.3. The Morgan fingerprint density at radius 2 is 2.27 bits per heavy atom. The van der Waals surface area contributed by atoms with Crippen LogP contribution in [-0.2, 0) is 6.54 Å². The van der Waals surface area contributed by atoms with Crippen LogP contribution in [0, 0.1) is 0 Å². The molecule has 0 fully saturated rings. The van der Waals surface area contributed by atoms with Crippen LogP contribution in [0.5, 0.6) is 0 Å². The molecule has 4 heteroatoms. The third-order valence-corrected chi connectivity index (χ3v) is 2.50. The molecule has 0 saturated heterocycles. The maximum Gasteiger partial charge on any atom is 0.133 e. The molecule has 0 amide bonds. The van der Waals surface area contributed by atoms with Crippen LogP contribution < -0.4 is 5.73 Å². The normalized spacial score (nSPS) is 13.7. The third-order valence-electron chi connectivity index (χ3n) is 2.50. The summed E-state index contributed by atoms with van der Waals surface area (Å²) in [6.45, 7) is 0.704. The fourth-order valence-corrected chi connectivity index (χ4v) is 1.77. The third kappa shape index (κ3) is 1.22. The Morgan fingerprint density at radius 3 is 3.07 bits per heavy atom. The summed E-state index contributed by atoms with van der Waals surface area (Å²) in [4.78, 5) is 4.45. The molecule has 74 valence electrons. The van der Waals surface area contributed by atoms with Crippen LogP contribution in [0.4, 0.5) is 5.69 Å². The van der Waals surface area contributed by atoms with Gasteiger partial charge in [-0.05, 0) is 17.7 Å². The van der Waals surface area contributed by atoms with E-state index in [1.807, 2.05) is 18.2 Å². The molecule has 2 aromatic rings. The van der Waals surface area contributed by atoms with E-state index in [0.717, 1.165) is 22.5 Å². The molecule has 3 rings (SSSR count). The van der Waals surface area contributed by atoms with Crippen molar-refractivity contribution in [2.24, 2.45) is 4.99 Å². The number of aromatic nitrogens is 1. The highest BCUT2D eigenvalue weighted by Gasteiger charge is 2.18. The molecule has 0 spiro atoms. The number of nitrogens with zero attached hydrogens (tertiary/aromatic N) is 2. The van der Waals surface area contributed by atoms with E-state index in [-0.39, 0.29) is 0 Å². The average Bonchev–Trinajstić information content (AvgIpc) is 2.83. The van der Waals surface area contributed by atoms with E-state index in [2.05, 4.69) is 10.1 Å². The Labute approximate surface area is 86.4 Å². The van der Waals surface area contributed by atoms with Gasteiger partial charge in [-0.15, -0.1) is 0 Å². The van der Waals surface area contributed by atoms with E-state index in [0.29, 0.717) is 6.54 Å². The first-order valence-electron chi connectivity index (χ1n) is 4.67. The highest BCUT2D eigenvalue weighted by molar-refractivity contribution is 6.15. The topological polar surface area (TPSA) is 64.4 Å². The summed E-state index contributed by atoms with van der Waals surface area (Å²) < 4.78 is 4.81. The second-order valence-corrected chi connectivity index (χ2v) is 3.49. The molecule has 1 aliphatic rings. The minimum absolute atomic E-state index is 0.704. The summed E-state index contributed by atoms with van der Waals surface area (Å²) in [5, 5.41) is 3.68. The Hall–Kier alpha value is -2.10. The van der Waals surface area contributed by atoms with Crippen molar-refractivity contribution in [3.63, 3.8) is 0 Å². The summed E-state index contributed by atoms with van der Waals surface area (Å²) in [6, 6.07) is 5.84.